The number of benzene rings is 1. The number of hydrogen-bond acceptors (Lipinski definition) is 8. The third-order valence-electron chi connectivity index (χ3n) is 5.04. The molecule has 0 aliphatic rings. The minimum Gasteiger partial charge on any atom is -0.457 e. The number of nitrogens with zero attached hydrogens (tertiary/aromatic N) is 6. The number of nitrogens with one attached hydrogen (secondary N) is 1. The zero-order valence-corrected chi connectivity index (χ0v) is 18.5. The van der Waals surface area contributed by atoms with Crippen molar-refractivity contribution in [3.63, 3.8) is 0 Å². The van der Waals surface area contributed by atoms with Gasteiger partial charge in [-0.2, -0.15) is 0 Å². The molecule has 1 N–H and O–H groups in total. The molecule has 0 radical (unpaired) electrons. The van der Waals surface area contributed by atoms with Crippen LogP contribution in [0.3, 0.4) is 0 Å². The van der Waals surface area contributed by atoms with E-state index < -0.39 is 16.0 Å². The molecule has 3 aromatic heterocycles. The number of ether oxygens (including phenoxy) is 1. The molecule has 0 aliphatic heterocycles. The summed E-state index contributed by atoms with van der Waals surface area (Å²) in [6.07, 6.45) is 1.21. The first-order valence-electron chi connectivity index (χ1n) is 9.66. The van der Waals surface area contributed by atoms with Crippen molar-refractivity contribution in [2.75, 3.05) is 6.54 Å². The molecule has 0 atom stereocenters. The van der Waals surface area contributed by atoms with Crippen molar-refractivity contribution in [3.8, 4) is 0 Å². The van der Waals surface area contributed by atoms with E-state index in [1.54, 1.807) is 54.3 Å². The minimum absolute atomic E-state index is 0.113. The first kappa shape index (κ1) is 21.6. The standard InChI is InChI=1S/C19H21N7O5S/c1-12-21-16(10-24(12)2)32(29,30)20-9-8-17(27)31-11-15-22-23-19-25(3)18(28)13-6-4-5-7-14(13)26(15)19/h4-7,10,20H,8-9,11H2,1-3H3. The van der Waals surface area contributed by atoms with Crippen LogP contribution >= 0.6 is 0 Å². The van der Waals surface area contributed by atoms with Gasteiger partial charge in [0.15, 0.2) is 17.5 Å². The molecule has 0 fully saturated rings. The monoisotopic (exact) mass is 459 g/mol. The summed E-state index contributed by atoms with van der Waals surface area (Å²) in [4.78, 5) is 28.6. The van der Waals surface area contributed by atoms with Crippen LogP contribution in [0.1, 0.15) is 18.1 Å². The Labute approximate surface area is 182 Å². The number of carbonyl (C=O) groups is 1. The Morgan fingerprint density at radius 3 is 2.66 bits per heavy atom. The molecule has 0 bridgehead atoms. The van der Waals surface area contributed by atoms with Gasteiger partial charge in [-0.1, -0.05) is 12.1 Å². The van der Waals surface area contributed by atoms with Gasteiger partial charge < -0.3 is 9.30 Å². The average molecular weight is 459 g/mol. The van der Waals surface area contributed by atoms with E-state index >= 15 is 0 Å². The van der Waals surface area contributed by atoms with Gasteiger partial charge in [0.25, 0.3) is 15.6 Å². The number of imidazole rings is 1. The fourth-order valence-electron chi connectivity index (χ4n) is 3.22. The number of sulfonamides is 1. The number of rotatable bonds is 7. The lowest BCUT2D eigenvalue weighted by Gasteiger charge is -2.08. The van der Waals surface area contributed by atoms with Crippen molar-refractivity contribution >= 4 is 32.7 Å². The van der Waals surface area contributed by atoms with E-state index in [9.17, 15) is 18.0 Å². The summed E-state index contributed by atoms with van der Waals surface area (Å²) in [6.45, 7) is 1.36. The lowest BCUT2D eigenvalue weighted by Crippen LogP contribution is -2.27. The van der Waals surface area contributed by atoms with Crippen molar-refractivity contribution in [2.24, 2.45) is 14.1 Å². The largest absolute Gasteiger partial charge is 0.457 e. The van der Waals surface area contributed by atoms with Crippen LogP contribution in [0.15, 0.2) is 40.3 Å². The molecule has 0 saturated carbocycles. The van der Waals surface area contributed by atoms with Crippen LogP contribution in [-0.4, -0.2) is 49.6 Å². The maximum atomic E-state index is 12.5. The summed E-state index contributed by atoms with van der Waals surface area (Å²) in [5.41, 5.74) is 0.388. The second-order valence-corrected chi connectivity index (χ2v) is 8.89. The van der Waals surface area contributed by atoms with Gasteiger partial charge in [0.05, 0.1) is 17.3 Å². The van der Waals surface area contributed by atoms with Gasteiger partial charge in [-0.15, -0.1) is 10.2 Å². The Hall–Kier alpha value is -3.58. The van der Waals surface area contributed by atoms with Crippen LogP contribution < -0.4 is 10.3 Å². The molecule has 3 heterocycles. The smallest absolute Gasteiger partial charge is 0.307 e. The fraction of sp³-hybridized carbons (Fsp3) is 0.316. The lowest BCUT2D eigenvalue weighted by molar-refractivity contribution is -0.145. The number of aryl methyl sites for hydroxylation is 3. The molecular formula is C19H21N7O5S. The van der Waals surface area contributed by atoms with E-state index in [-0.39, 0.29) is 30.2 Å². The Bertz CT molecular complexity index is 1480. The van der Waals surface area contributed by atoms with Crippen LogP contribution in [0.5, 0.6) is 0 Å². The Kier molecular flexibility index (Phi) is 5.52. The van der Waals surface area contributed by atoms with Gasteiger partial charge in [-0.3, -0.25) is 18.6 Å². The van der Waals surface area contributed by atoms with Crippen LogP contribution in [0.25, 0.3) is 16.7 Å². The number of hydrogen-bond donors (Lipinski definition) is 1. The van der Waals surface area contributed by atoms with Crippen molar-refractivity contribution < 1.29 is 17.9 Å². The predicted octanol–water partition coefficient (Wildman–Crippen LogP) is 0.0349. The zero-order valence-electron chi connectivity index (χ0n) is 17.6. The average Bonchev–Trinajstić information content (AvgIpc) is 3.34. The Morgan fingerprint density at radius 1 is 1.19 bits per heavy atom. The third-order valence-corrected chi connectivity index (χ3v) is 6.37. The summed E-state index contributed by atoms with van der Waals surface area (Å²) < 4.78 is 36.7. The van der Waals surface area contributed by atoms with E-state index in [2.05, 4.69) is 19.9 Å². The first-order valence-corrected chi connectivity index (χ1v) is 11.1. The third kappa shape index (κ3) is 3.87. The van der Waals surface area contributed by atoms with Crippen LogP contribution in [0, 0.1) is 6.92 Å². The highest BCUT2D eigenvalue weighted by Crippen LogP contribution is 2.14. The number of aromatic nitrogens is 6. The molecule has 32 heavy (non-hydrogen) atoms. The molecular weight excluding hydrogens is 438 g/mol. The van der Waals surface area contributed by atoms with E-state index in [1.165, 1.54) is 10.8 Å². The predicted molar refractivity (Wildman–Crippen MR) is 113 cm³/mol. The SMILES string of the molecule is Cc1nc(S(=O)(=O)NCCC(=O)OCc2nnc3n(C)c(=O)c4ccccc4n23)cn1C. The van der Waals surface area contributed by atoms with Crippen molar-refractivity contribution in [3.05, 3.63) is 52.5 Å². The van der Waals surface area contributed by atoms with E-state index in [1.807, 2.05) is 0 Å². The molecule has 4 aromatic rings. The van der Waals surface area contributed by atoms with Gasteiger partial charge in [-0.05, 0) is 19.1 Å². The molecule has 4 rings (SSSR count). The molecule has 13 heteroatoms. The number of carbonyl (C=O) groups excluding carboxylic acids is 1. The summed E-state index contributed by atoms with van der Waals surface area (Å²) in [5.74, 6) is 0.592. The van der Waals surface area contributed by atoms with Crippen molar-refractivity contribution in [1.29, 1.82) is 0 Å². The highest BCUT2D eigenvalue weighted by Gasteiger charge is 2.19. The highest BCUT2D eigenvalue weighted by atomic mass is 32.2. The quantitative estimate of drug-likeness (QED) is 0.382. The van der Waals surface area contributed by atoms with Gasteiger partial charge in [0.1, 0.15) is 5.82 Å². The molecule has 0 unspecified atom stereocenters. The van der Waals surface area contributed by atoms with Gasteiger partial charge >= 0.3 is 5.97 Å². The van der Waals surface area contributed by atoms with Gasteiger partial charge in [-0.25, -0.2) is 18.1 Å². The molecule has 0 spiro atoms. The fourth-order valence-corrected chi connectivity index (χ4v) is 4.29. The van der Waals surface area contributed by atoms with Gasteiger partial charge in [0, 0.05) is 26.8 Å². The van der Waals surface area contributed by atoms with Crippen molar-refractivity contribution in [1.82, 2.24) is 33.4 Å². The summed E-state index contributed by atoms with van der Waals surface area (Å²) in [7, 11) is -0.551. The number of esters is 1. The van der Waals surface area contributed by atoms with Crippen LogP contribution in [0.4, 0.5) is 0 Å². The molecule has 1 aromatic carbocycles. The maximum Gasteiger partial charge on any atom is 0.307 e. The van der Waals surface area contributed by atoms with E-state index in [0.29, 0.717) is 28.3 Å². The van der Waals surface area contributed by atoms with Crippen molar-refractivity contribution in [2.45, 2.75) is 25.0 Å². The van der Waals surface area contributed by atoms with E-state index in [4.69, 9.17) is 4.74 Å². The highest BCUT2D eigenvalue weighted by molar-refractivity contribution is 7.89. The molecule has 0 aliphatic carbocycles. The second kappa shape index (κ2) is 8.16. The lowest BCUT2D eigenvalue weighted by atomic mass is 10.2. The number of para-hydroxylation sites is 1. The second-order valence-electron chi connectivity index (χ2n) is 7.18. The molecule has 12 nitrogen and oxygen atoms in total. The molecule has 0 amide bonds. The van der Waals surface area contributed by atoms with Gasteiger partial charge in [0.2, 0.25) is 5.78 Å². The summed E-state index contributed by atoms with van der Waals surface area (Å²) in [5, 5.41) is 8.44. The summed E-state index contributed by atoms with van der Waals surface area (Å²) >= 11 is 0. The topological polar surface area (TPSA) is 142 Å². The normalized spacial score (nSPS) is 12.0. The summed E-state index contributed by atoms with van der Waals surface area (Å²) in [6, 6.07) is 6.99. The van der Waals surface area contributed by atoms with E-state index in [0.717, 1.165) is 0 Å². The first-order chi connectivity index (χ1) is 15.2. The zero-order chi connectivity index (χ0) is 23.0. The maximum absolute atomic E-state index is 12.5. The molecule has 168 valence electrons. The Morgan fingerprint density at radius 2 is 1.94 bits per heavy atom. The minimum atomic E-state index is -3.83. The van der Waals surface area contributed by atoms with Crippen LogP contribution in [0.2, 0.25) is 0 Å². The molecule has 0 saturated heterocycles. The number of fused-ring (bicyclic) bond motifs is 3. The van der Waals surface area contributed by atoms with Crippen LogP contribution in [-0.2, 0) is 40.3 Å². The Balaban J connectivity index is 1.43.